The highest BCUT2D eigenvalue weighted by Gasteiger charge is 2.25. The molecule has 6 heteroatoms. The fourth-order valence-electron chi connectivity index (χ4n) is 3.27. The van der Waals surface area contributed by atoms with Crippen molar-refractivity contribution in [3.8, 4) is 16.9 Å². The molecule has 0 aliphatic heterocycles. The first kappa shape index (κ1) is 20.9. The van der Waals surface area contributed by atoms with Crippen molar-refractivity contribution in [1.82, 2.24) is 4.83 Å². The van der Waals surface area contributed by atoms with Crippen molar-refractivity contribution in [2.75, 3.05) is 7.11 Å². The second-order valence-corrected chi connectivity index (χ2v) is 9.05. The number of fused-ring (bicyclic) bond motifs is 1. The Balaban J connectivity index is 1.94. The van der Waals surface area contributed by atoms with Crippen LogP contribution in [0.3, 0.4) is 0 Å². The van der Waals surface area contributed by atoms with Crippen molar-refractivity contribution >= 4 is 16.2 Å². The lowest BCUT2D eigenvalue weighted by molar-refractivity contribution is 0.415. The van der Waals surface area contributed by atoms with Gasteiger partial charge in [-0.1, -0.05) is 32.0 Å². The van der Waals surface area contributed by atoms with E-state index in [0.29, 0.717) is 5.92 Å². The Labute approximate surface area is 172 Å². The van der Waals surface area contributed by atoms with Gasteiger partial charge in [0.1, 0.15) is 5.75 Å². The van der Waals surface area contributed by atoms with Crippen LogP contribution >= 0.6 is 0 Å². The predicted octanol–water partition coefficient (Wildman–Crippen LogP) is 4.85. The molecular weight excluding hydrogens is 384 g/mol. The SMILES string of the molecule is COc1ccc(/C=N/NS(=O)(=O)c2cc(C)c3cc(C(C)C)ccc(C)c2-3)cc1. The Kier molecular flexibility index (Phi) is 5.94. The molecule has 0 spiro atoms. The van der Waals surface area contributed by atoms with Crippen molar-refractivity contribution in [2.24, 2.45) is 5.10 Å². The third-order valence-corrected chi connectivity index (χ3v) is 6.22. The fourth-order valence-corrected chi connectivity index (χ4v) is 4.43. The Morgan fingerprint density at radius 3 is 2.31 bits per heavy atom. The lowest BCUT2D eigenvalue weighted by atomic mass is 10.0. The maximum atomic E-state index is 13.0. The van der Waals surface area contributed by atoms with E-state index >= 15 is 0 Å². The van der Waals surface area contributed by atoms with Crippen LogP contribution in [0.2, 0.25) is 0 Å². The minimum atomic E-state index is -3.81. The summed E-state index contributed by atoms with van der Waals surface area (Å²) in [6.45, 7) is 8.13. The largest absolute Gasteiger partial charge is 0.497 e. The molecule has 0 unspecified atom stereocenters. The number of nitrogens with one attached hydrogen (secondary N) is 1. The third kappa shape index (κ3) is 4.43. The fraction of sp³-hybridized carbons (Fsp3) is 0.261. The van der Waals surface area contributed by atoms with Crippen LogP contribution in [0.4, 0.5) is 0 Å². The van der Waals surface area contributed by atoms with Gasteiger partial charge in [-0.2, -0.15) is 13.5 Å². The summed E-state index contributed by atoms with van der Waals surface area (Å²) < 4.78 is 31.1. The van der Waals surface area contributed by atoms with Gasteiger partial charge in [-0.25, -0.2) is 4.83 Å². The molecular formula is C23H26N2O3S. The normalized spacial score (nSPS) is 12.1. The highest BCUT2D eigenvalue weighted by molar-refractivity contribution is 7.89. The molecule has 1 N–H and O–H groups in total. The molecule has 2 aliphatic rings. The zero-order chi connectivity index (χ0) is 21.2. The van der Waals surface area contributed by atoms with Gasteiger partial charge < -0.3 is 4.74 Å². The van der Waals surface area contributed by atoms with Crippen LogP contribution in [0, 0.1) is 13.8 Å². The van der Waals surface area contributed by atoms with Crippen LogP contribution in [-0.2, 0) is 10.0 Å². The molecule has 0 fully saturated rings. The molecule has 0 amide bonds. The molecule has 0 radical (unpaired) electrons. The minimum Gasteiger partial charge on any atom is -0.497 e. The highest BCUT2D eigenvalue weighted by atomic mass is 32.2. The number of ether oxygens (including phenoxy) is 1. The summed E-state index contributed by atoms with van der Waals surface area (Å²) in [5, 5.41) is 3.95. The first-order valence-electron chi connectivity index (χ1n) is 9.45. The average Bonchev–Trinajstić information content (AvgIpc) is 2.91. The van der Waals surface area contributed by atoms with Crippen molar-refractivity contribution in [3.63, 3.8) is 0 Å². The van der Waals surface area contributed by atoms with Crippen LogP contribution in [0.1, 0.15) is 42.0 Å². The summed E-state index contributed by atoms with van der Waals surface area (Å²) in [6, 6.07) is 15.0. The van der Waals surface area contributed by atoms with Gasteiger partial charge >= 0.3 is 0 Å². The number of hydrogen-bond acceptors (Lipinski definition) is 4. The van der Waals surface area contributed by atoms with E-state index in [4.69, 9.17) is 4.74 Å². The molecule has 0 bridgehead atoms. The lowest BCUT2D eigenvalue weighted by Gasteiger charge is -2.07. The van der Waals surface area contributed by atoms with Crippen molar-refractivity contribution < 1.29 is 13.2 Å². The van der Waals surface area contributed by atoms with Gasteiger partial charge in [-0.15, -0.1) is 0 Å². The first-order valence-corrected chi connectivity index (χ1v) is 10.9. The molecule has 0 saturated carbocycles. The monoisotopic (exact) mass is 410 g/mol. The molecule has 5 nitrogen and oxygen atoms in total. The standard InChI is InChI=1S/C23H26N2O3S/c1-15(2)19-9-6-16(3)23-21(13-19)17(4)12-22(23)29(26,27)25-24-14-18-7-10-20(28-5)11-8-18/h6-15,25H,1-5H3/b24-14+. The molecule has 1 aromatic rings. The summed E-state index contributed by atoms with van der Waals surface area (Å²) in [5.74, 6) is 1.08. The molecule has 3 rings (SSSR count). The van der Waals surface area contributed by atoms with Crippen LogP contribution < -0.4 is 9.57 Å². The second kappa shape index (κ2) is 8.25. The number of benzene rings is 1. The van der Waals surface area contributed by atoms with Gasteiger partial charge in [0.15, 0.2) is 0 Å². The highest BCUT2D eigenvalue weighted by Crippen LogP contribution is 2.38. The number of rotatable bonds is 6. The van der Waals surface area contributed by atoms with Crippen molar-refractivity contribution in [2.45, 2.75) is 38.5 Å². The van der Waals surface area contributed by atoms with Gasteiger partial charge in [0, 0.05) is 5.56 Å². The minimum absolute atomic E-state index is 0.250. The van der Waals surface area contributed by atoms with Crippen LogP contribution in [0.15, 0.2) is 58.5 Å². The zero-order valence-electron chi connectivity index (χ0n) is 17.4. The molecule has 0 atom stereocenters. The molecule has 0 heterocycles. The zero-order valence-corrected chi connectivity index (χ0v) is 18.2. The van der Waals surface area contributed by atoms with E-state index < -0.39 is 10.0 Å². The second-order valence-electron chi connectivity index (χ2n) is 7.42. The van der Waals surface area contributed by atoms with Gasteiger partial charge in [0.25, 0.3) is 10.0 Å². The average molecular weight is 411 g/mol. The molecule has 2 aliphatic carbocycles. The smallest absolute Gasteiger partial charge is 0.277 e. The summed E-state index contributed by atoms with van der Waals surface area (Å²) in [4.78, 5) is 2.59. The number of hydrazone groups is 1. The van der Waals surface area contributed by atoms with E-state index in [1.54, 1.807) is 37.4 Å². The topological polar surface area (TPSA) is 67.8 Å². The Morgan fingerprint density at radius 2 is 1.69 bits per heavy atom. The maximum absolute atomic E-state index is 13.0. The Bertz CT molecular complexity index is 1120. The van der Waals surface area contributed by atoms with Crippen LogP contribution in [0.25, 0.3) is 11.1 Å². The molecule has 29 heavy (non-hydrogen) atoms. The first-order chi connectivity index (χ1) is 13.7. The number of aryl methyl sites for hydroxylation is 2. The summed E-state index contributed by atoms with van der Waals surface area (Å²) in [7, 11) is -2.21. The van der Waals surface area contributed by atoms with E-state index in [1.165, 1.54) is 11.8 Å². The summed E-state index contributed by atoms with van der Waals surface area (Å²) >= 11 is 0. The lowest BCUT2D eigenvalue weighted by Crippen LogP contribution is -2.18. The number of hydrogen-bond donors (Lipinski definition) is 1. The molecule has 1 aromatic carbocycles. The summed E-state index contributed by atoms with van der Waals surface area (Å²) in [5.41, 5.74) is 5.48. The molecule has 152 valence electrons. The van der Waals surface area contributed by atoms with Crippen molar-refractivity contribution in [1.29, 1.82) is 0 Å². The Morgan fingerprint density at radius 1 is 1.00 bits per heavy atom. The summed E-state index contributed by atoms with van der Waals surface area (Å²) in [6.07, 6.45) is 1.47. The van der Waals surface area contributed by atoms with E-state index in [0.717, 1.165) is 33.6 Å². The number of methoxy groups -OCH3 is 1. The number of nitrogens with zero attached hydrogens (tertiary/aromatic N) is 1. The van der Waals surface area contributed by atoms with Gasteiger partial charge in [-0.05, 0) is 77.9 Å². The van der Waals surface area contributed by atoms with Crippen molar-refractivity contribution in [3.05, 3.63) is 70.8 Å². The van der Waals surface area contributed by atoms with E-state index in [9.17, 15) is 8.42 Å². The van der Waals surface area contributed by atoms with Gasteiger partial charge in [0.05, 0.1) is 18.2 Å². The van der Waals surface area contributed by atoms with E-state index in [1.807, 2.05) is 19.9 Å². The molecule has 0 aromatic heterocycles. The predicted molar refractivity (Wildman–Crippen MR) is 118 cm³/mol. The van der Waals surface area contributed by atoms with E-state index in [2.05, 4.69) is 35.9 Å². The number of sulfonamides is 1. The van der Waals surface area contributed by atoms with Crippen LogP contribution in [-0.4, -0.2) is 21.7 Å². The Hall–Kier alpha value is -2.86. The van der Waals surface area contributed by atoms with Gasteiger partial charge in [0.2, 0.25) is 0 Å². The molecule has 0 saturated heterocycles. The maximum Gasteiger partial charge on any atom is 0.277 e. The van der Waals surface area contributed by atoms with E-state index in [-0.39, 0.29) is 4.90 Å². The van der Waals surface area contributed by atoms with Gasteiger partial charge in [-0.3, -0.25) is 0 Å². The third-order valence-electron chi connectivity index (χ3n) is 4.98. The van der Waals surface area contributed by atoms with Crippen LogP contribution in [0.5, 0.6) is 5.75 Å². The quantitative estimate of drug-likeness (QED) is 0.466.